The van der Waals surface area contributed by atoms with Crippen LogP contribution in [0, 0.1) is 5.82 Å². The molecule has 1 heterocycles. The second-order valence-electron chi connectivity index (χ2n) is 9.12. The number of nitrogens with zero attached hydrogens (tertiary/aromatic N) is 2. The monoisotopic (exact) mass is 519 g/mol. The number of rotatable bonds is 9. The zero-order chi connectivity index (χ0) is 25.9. The van der Waals surface area contributed by atoms with E-state index in [0.717, 1.165) is 36.2 Å². The lowest BCUT2D eigenvalue weighted by molar-refractivity contribution is -0.139. The Hall–Kier alpha value is -3.34. The van der Waals surface area contributed by atoms with Gasteiger partial charge in [-0.05, 0) is 49.6 Å². The quantitative estimate of drug-likeness (QED) is 0.546. The fourth-order valence-electron chi connectivity index (χ4n) is 4.42. The summed E-state index contributed by atoms with van der Waals surface area (Å²) in [5.74, 6) is -0.452. The summed E-state index contributed by atoms with van der Waals surface area (Å²) in [6.07, 6.45) is 4.85. The van der Waals surface area contributed by atoms with Crippen LogP contribution in [0.4, 0.5) is 10.1 Å². The molecule has 4 rings (SSSR count). The van der Waals surface area contributed by atoms with E-state index in [9.17, 15) is 22.4 Å². The van der Waals surface area contributed by atoms with Crippen LogP contribution in [-0.2, 0) is 26.2 Å². The van der Waals surface area contributed by atoms with Gasteiger partial charge < -0.3 is 19.7 Å². The Morgan fingerprint density at radius 1 is 1.08 bits per heavy atom. The average molecular weight is 520 g/mol. The zero-order valence-electron chi connectivity index (χ0n) is 20.3. The molecule has 1 atom stereocenters. The smallest absolute Gasteiger partial charge is 0.244 e. The molecule has 0 aromatic heterocycles. The first-order valence-electron chi connectivity index (χ1n) is 11.8. The number of ether oxygens (including phenoxy) is 2. The fraction of sp³-hybridized carbons (Fsp3) is 0.440. The number of hydrogen-bond acceptors (Lipinski definition) is 6. The molecule has 1 N–H and O–H groups in total. The Morgan fingerprint density at radius 3 is 2.42 bits per heavy atom. The molecule has 1 saturated carbocycles. The van der Waals surface area contributed by atoms with E-state index in [1.54, 1.807) is 13.0 Å². The Labute approximate surface area is 210 Å². The van der Waals surface area contributed by atoms with Gasteiger partial charge in [-0.15, -0.1) is 0 Å². The standard InChI is InChI=1S/C25H30FN3O6S/c1-17(25(31)27-20-5-3-4-6-20)28(14-18-7-9-19(26)10-8-18)24(30)15-29(36(2,32)33)21-11-12-22-23(13-21)35-16-34-22/h7-13,17,20H,3-6,14-16H2,1-2H3,(H,27,31). The van der Waals surface area contributed by atoms with E-state index in [4.69, 9.17) is 9.47 Å². The van der Waals surface area contributed by atoms with Crippen molar-refractivity contribution in [3.63, 3.8) is 0 Å². The number of halogens is 1. The molecular weight excluding hydrogens is 489 g/mol. The third-order valence-corrected chi connectivity index (χ3v) is 7.60. The molecule has 36 heavy (non-hydrogen) atoms. The minimum Gasteiger partial charge on any atom is -0.454 e. The van der Waals surface area contributed by atoms with Crippen LogP contribution < -0.4 is 19.1 Å². The highest BCUT2D eigenvalue weighted by Gasteiger charge is 2.32. The maximum absolute atomic E-state index is 13.6. The lowest BCUT2D eigenvalue weighted by Gasteiger charge is -2.32. The van der Waals surface area contributed by atoms with Gasteiger partial charge in [0.1, 0.15) is 18.4 Å². The highest BCUT2D eigenvalue weighted by molar-refractivity contribution is 7.92. The molecule has 0 spiro atoms. The molecule has 0 saturated heterocycles. The van der Waals surface area contributed by atoms with Gasteiger partial charge in [-0.3, -0.25) is 13.9 Å². The first kappa shape index (κ1) is 25.7. The molecule has 2 aliphatic rings. The van der Waals surface area contributed by atoms with E-state index in [1.807, 2.05) is 0 Å². The first-order valence-corrected chi connectivity index (χ1v) is 13.7. The van der Waals surface area contributed by atoms with E-state index < -0.39 is 34.3 Å². The lowest BCUT2D eigenvalue weighted by atomic mass is 10.1. The molecule has 2 aromatic rings. The van der Waals surface area contributed by atoms with Crippen LogP contribution in [0.1, 0.15) is 38.2 Å². The van der Waals surface area contributed by atoms with E-state index in [-0.39, 0.29) is 31.0 Å². The van der Waals surface area contributed by atoms with Crippen molar-refractivity contribution in [1.29, 1.82) is 0 Å². The van der Waals surface area contributed by atoms with Crippen molar-refractivity contribution in [2.24, 2.45) is 0 Å². The van der Waals surface area contributed by atoms with Gasteiger partial charge in [-0.2, -0.15) is 0 Å². The first-order chi connectivity index (χ1) is 17.1. The molecule has 1 fully saturated rings. The van der Waals surface area contributed by atoms with Gasteiger partial charge in [0.2, 0.25) is 28.6 Å². The molecule has 0 bridgehead atoms. The van der Waals surface area contributed by atoms with Gasteiger partial charge >= 0.3 is 0 Å². The van der Waals surface area contributed by atoms with Crippen molar-refractivity contribution in [3.8, 4) is 11.5 Å². The van der Waals surface area contributed by atoms with Crippen molar-refractivity contribution in [2.75, 3.05) is 23.9 Å². The Kier molecular flexibility index (Phi) is 7.67. The highest BCUT2D eigenvalue weighted by atomic mass is 32.2. The van der Waals surface area contributed by atoms with Crippen molar-refractivity contribution in [3.05, 3.63) is 53.8 Å². The SMILES string of the molecule is CC(C(=O)NC1CCCC1)N(Cc1ccc(F)cc1)C(=O)CN(c1ccc2c(c1)OCO2)S(C)(=O)=O. The summed E-state index contributed by atoms with van der Waals surface area (Å²) in [6.45, 7) is 1.12. The fourth-order valence-corrected chi connectivity index (χ4v) is 5.26. The topological polar surface area (TPSA) is 105 Å². The minimum absolute atomic E-state index is 0.0110. The van der Waals surface area contributed by atoms with Crippen LogP contribution in [0.2, 0.25) is 0 Å². The van der Waals surface area contributed by atoms with Gasteiger partial charge in [-0.1, -0.05) is 25.0 Å². The number of anilines is 1. The number of sulfonamides is 1. The Balaban J connectivity index is 1.59. The molecule has 1 aliphatic heterocycles. The average Bonchev–Trinajstić information content (AvgIpc) is 3.52. The number of carbonyl (C=O) groups is 2. The van der Waals surface area contributed by atoms with Crippen molar-refractivity contribution < 1.29 is 31.9 Å². The predicted octanol–water partition coefficient (Wildman–Crippen LogP) is 2.80. The number of nitrogens with one attached hydrogen (secondary N) is 1. The second kappa shape index (κ2) is 10.7. The van der Waals surface area contributed by atoms with Crippen LogP contribution in [0.15, 0.2) is 42.5 Å². The molecule has 11 heteroatoms. The molecule has 1 aliphatic carbocycles. The van der Waals surface area contributed by atoms with Crippen LogP contribution >= 0.6 is 0 Å². The number of fused-ring (bicyclic) bond motifs is 1. The highest BCUT2D eigenvalue weighted by Crippen LogP contribution is 2.36. The van der Waals surface area contributed by atoms with Gasteiger partial charge in [0.05, 0.1) is 11.9 Å². The van der Waals surface area contributed by atoms with E-state index in [1.165, 1.54) is 41.3 Å². The largest absolute Gasteiger partial charge is 0.454 e. The maximum Gasteiger partial charge on any atom is 0.244 e. The third kappa shape index (κ3) is 6.07. The Bertz CT molecular complexity index is 1210. The maximum atomic E-state index is 13.6. The summed E-state index contributed by atoms with van der Waals surface area (Å²) in [5, 5.41) is 3.00. The summed E-state index contributed by atoms with van der Waals surface area (Å²) in [6, 6.07) is 9.40. The number of amides is 2. The third-order valence-electron chi connectivity index (χ3n) is 6.46. The van der Waals surface area contributed by atoms with Crippen molar-refractivity contribution >= 4 is 27.5 Å². The molecule has 1 unspecified atom stereocenters. The normalized spacial score (nSPS) is 16.0. The van der Waals surface area contributed by atoms with Gasteiger partial charge in [0.15, 0.2) is 11.5 Å². The van der Waals surface area contributed by atoms with Gasteiger partial charge in [0, 0.05) is 18.7 Å². The summed E-state index contributed by atoms with van der Waals surface area (Å²) < 4.78 is 50.4. The van der Waals surface area contributed by atoms with Crippen molar-refractivity contribution in [1.82, 2.24) is 10.2 Å². The summed E-state index contributed by atoms with van der Waals surface area (Å²) in [7, 11) is -3.87. The minimum atomic E-state index is -3.87. The summed E-state index contributed by atoms with van der Waals surface area (Å²) in [5.41, 5.74) is 0.846. The van der Waals surface area contributed by atoms with Gasteiger partial charge in [-0.25, -0.2) is 12.8 Å². The van der Waals surface area contributed by atoms with Crippen molar-refractivity contribution in [2.45, 2.75) is 51.2 Å². The second-order valence-corrected chi connectivity index (χ2v) is 11.0. The molecule has 2 amide bonds. The van der Waals surface area contributed by atoms with Crippen LogP contribution in [0.25, 0.3) is 0 Å². The summed E-state index contributed by atoms with van der Waals surface area (Å²) >= 11 is 0. The van der Waals surface area contributed by atoms with E-state index in [2.05, 4.69) is 5.32 Å². The molecule has 0 radical (unpaired) electrons. The van der Waals surface area contributed by atoms with Crippen LogP contribution in [-0.4, -0.2) is 56.8 Å². The molecule has 2 aromatic carbocycles. The Morgan fingerprint density at radius 2 is 1.75 bits per heavy atom. The lowest BCUT2D eigenvalue weighted by Crippen LogP contribution is -2.52. The molecule has 194 valence electrons. The van der Waals surface area contributed by atoms with Crippen LogP contribution in [0.3, 0.4) is 0 Å². The predicted molar refractivity (Wildman–Crippen MR) is 132 cm³/mol. The van der Waals surface area contributed by atoms with E-state index in [0.29, 0.717) is 17.1 Å². The summed E-state index contributed by atoms with van der Waals surface area (Å²) in [4.78, 5) is 27.9. The van der Waals surface area contributed by atoms with E-state index >= 15 is 0 Å². The number of benzene rings is 2. The molecular formula is C25H30FN3O6S. The number of hydrogen-bond donors (Lipinski definition) is 1. The van der Waals surface area contributed by atoms with Crippen LogP contribution in [0.5, 0.6) is 11.5 Å². The zero-order valence-corrected chi connectivity index (χ0v) is 21.1. The molecule has 9 nitrogen and oxygen atoms in total. The van der Waals surface area contributed by atoms with Gasteiger partial charge in [0.25, 0.3) is 0 Å². The number of carbonyl (C=O) groups excluding carboxylic acids is 2.